The quantitative estimate of drug-likeness (QED) is 0.123. The number of aromatic nitrogens is 2. The Morgan fingerprint density at radius 2 is 0.939 bits per heavy atom. The molecule has 10 aromatic carbocycles. The van der Waals surface area contributed by atoms with E-state index in [9.17, 15) is 0 Å². The van der Waals surface area contributed by atoms with E-state index in [-0.39, 0.29) is 12.1 Å². The Morgan fingerprint density at radius 1 is 0.394 bits per heavy atom. The molecule has 0 saturated carbocycles. The Kier molecular flexibility index (Phi) is 7.71. The van der Waals surface area contributed by atoms with Crippen molar-refractivity contribution < 1.29 is 0 Å². The maximum absolute atomic E-state index is 2.68. The topological polar surface area (TPSA) is 9.86 Å². The largest absolute Gasteiger partial charge is 0.310 e. The number of hydrogen-bond donors (Lipinski definition) is 0. The third-order valence-corrected chi connectivity index (χ3v) is 14.8. The molecule has 14 rings (SSSR count). The second-order valence-corrected chi connectivity index (χ2v) is 19.6. The maximum atomic E-state index is 2.68. The molecular formula is C63H45BN2. The highest BCUT2D eigenvalue weighted by Gasteiger charge is 2.43. The van der Waals surface area contributed by atoms with Crippen LogP contribution in [0.3, 0.4) is 0 Å². The van der Waals surface area contributed by atoms with Gasteiger partial charge in [0.15, 0.2) is 0 Å². The molecule has 0 saturated heterocycles. The molecule has 12 aromatic rings. The molecular weight excluding hydrogens is 796 g/mol. The summed E-state index contributed by atoms with van der Waals surface area (Å²) in [4.78, 5) is 0. The van der Waals surface area contributed by atoms with Gasteiger partial charge in [-0.05, 0) is 108 Å². The average Bonchev–Trinajstić information content (AvgIpc) is 3.89. The van der Waals surface area contributed by atoms with Crippen molar-refractivity contribution in [3.8, 4) is 56.0 Å². The lowest BCUT2D eigenvalue weighted by Crippen LogP contribution is -2.59. The lowest BCUT2D eigenvalue weighted by Gasteiger charge is -2.35. The highest BCUT2D eigenvalue weighted by molar-refractivity contribution is 7.00. The first kappa shape index (κ1) is 37.5. The van der Waals surface area contributed by atoms with Crippen LogP contribution in [0.4, 0.5) is 0 Å². The minimum absolute atomic E-state index is 0.0185. The fraction of sp³-hybridized carbons (Fsp3) is 0.0794. The summed E-state index contributed by atoms with van der Waals surface area (Å²) in [5.41, 5.74) is 23.0. The van der Waals surface area contributed by atoms with Crippen LogP contribution >= 0.6 is 0 Å². The molecule has 0 N–H and O–H groups in total. The molecule has 0 spiro atoms. The van der Waals surface area contributed by atoms with Crippen LogP contribution in [0.15, 0.2) is 200 Å². The first-order valence-electron chi connectivity index (χ1n) is 23.4. The van der Waals surface area contributed by atoms with Gasteiger partial charge >= 0.3 is 0 Å². The molecule has 66 heavy (non-hydrogen) atoms. The molecule has 3 heteroatoms. The van der Waals surface area contributed by atoms with Crippen molar-refractivity contribution in [1.29, 1.82) is 0 Å². The molecule has 0 fully saturated rings. The third kappa shape index (κ3) is 5.03. The summed E-state index contributed by atoms with van der Waals surface area (Å²) in [7, 11) is 0. The molecule has 0 bridgehead atoms. The fourth-order valence-corrected chi connectivity index (χ4v) is 12.2. The number of nitrogens with zero attached hydrogens (tertiary/aromatic N) is 2. The van der Waals surface area contributed by atoms with Crippen LogP contribution in [0.5, 0.6) is 0 Å². The molecule has 2 nitrogen and oxygen atoms in total. The van der Waals surface area contributed by atoms with Crippen LogP contribution < -0.4 is 16.4 Å². The van der Waals surface area contributed by atoms with Gasteiger partial charge in [0, 0.05) is 44.0 Å². The number of aryl methyl sites for hydroxylation is 1. The standard InChI is InChI=1S/C63H45BN2/c1-38-34-52-59-53(35-38)66-60(42-26-15-8-16-27-42)56(41-24-13-7-14-25-41)47-30-19-31-49(61(47)66)64(59)50-37-48-54(39-20-9-5-10-21-39)44-28-17-18-29-45(44)55(40-22-11-6-12-23-40)57(48)58-46-33-32-43(63(2,3)4)36-51(46)65(52)62(50)58/h5-37H,1-4H3. The van der Waals surface area contributed by atoms with Crippen LogP contribution in [-0.4, -0.2) is 15.8 Å². The third-order valence-electron chi connectivity index (χ3n) is 14.8. The summed E-state index contributed by atoms with van der Waals surface area (Å²) in [6, 6.07) is 75.6. The Labute approximate surface area is 385 Å². The highest BCUT2D eigenvalue weighted by atomic mass is 15.0. The minimum Gasteiger partial charge on any atom is -0.310 e. The lowest BCUT2D eigenvalue weighted by atomic mass is 9.34. The van der Waals surface area contributed by atoms with Gasteiger partial charge in [0.1, 0.15) is 0 Å². The van der Waals surface area contributed by atoms with Gasteiger partial charge in [-0.15, -0.1) is 0 Å². The Bertz CT molecular complexity index is 4000. The lowest BCUT2D eigenvalue weighted by molar-refractivity contribution is 0.591. The number of hydrogen-bond acceptors (Lipinski definition) is 0. The van der Waals surface area contributed by atoms with Crippen LogP contribution in [0.1, 0.15) is 31.9 Å². The van der Waals surface area contributed by atoms with Crippen molar-refractivity contribution in [2.24, 2.45) is 0 Å². The summed E-state index contributed by atoms with van der Waals surface area (Å²) in [6.45, 7) is 9.29. The predicted molar refractivity (Wildman–Crippen MR) is 282 cm³/mol. The smallest absolute Gasteiger partial charge is 0.252 e. The minimum atomic E-state index is -0.0426. The van der Waals surface area contributed by atoms with E-state index in [1.165, 1.54) is 138 Å². The Morgan fingerprint density at radius 3 is 1.58 bits per heavy atom. The first-order chi connectivity index (χ1) is 32.3. The summed E-state index contributed by atoms with van der Waals surface area (Å²) in [5, 5.41) is 9.06. The predicted octanol–water partition coefficient (Wildman–Crippen LogP) is 14.5. The van der Waals surface area contributed by atoms with Crippen molar-refractivity contribution in [2.75, 3.05) is 0 Å². The molecule has 0 amide bonds. The van der Waals surface area contributed by atoms with E-state index in [0.717, 1.165) is 0 Å². The summed E-state index contributed by atoms with van der Waals surface area (Å²) < 4.78 is 5.31. The zero-order valence-electron chi connectivity index (χ0n) is 37.5. The normalized spacial score (nSPS) is 12.8. The van der Waals surface area contributed by atoms with E-state index in [0.29, 0.717) is 0 Å². The van der Waals surface area contributed by atoms with E-state index >= 15 is 0 Å². The zero-order valence-corrected chi connectivity index (χ0v) is 37.5. The molecule has 2 aliphatic rings. The van der Waals surface area contributed by atoms with Gasteiger partial charge in [-0.3, -0.25) is 0 Å². The Hall–Kier alpha value is -7.88. The summed E-state index contributed by atoms with van der Waals surface area (Å²) >= 11 is 0. The van der Waals surface area contributed by atoms with Crippen LogP contribution in [-0.2, 0) is 5.41 Å². The van der Waals surface area contributed by atoms with Crippen molar-refractivity contribution in [2.45, 2.75) is 33.1 Å². The van der Waals surface area contributed by atoms with E-state index in [1.807, 2.05) is 0 Å². The second-order valence-electron chi connectivity index (χ2n) is 19.6. The zero-order chi connectivity index (χ0) is 44.0. The molecule has 310 valence electrons. The molecule has 2 aromatic heterocycles. The van der Waals surface area contributed by atoms with Crippen LogP contribution in [0.2, 0.25) is 0 Å². The molecule has 0 unspecified atom stereocenters. The van der Waals surface area contributed by atoms with Gasteiger partial charge in [-0.1, -0.05) is 203 Å². The molecule has 0 atom stereocenters. The van der Waals surface area contributed by atoms with E-state index in [1.54, 1.807) is 0 Å². The van der Waals surface area contributed by atoms with Gasteiger partial charge in [0.2, 0.25) is 0 Å². The number of rotatable bonds is 4. The van der Waals surface area contributed by atoms with Crippen molar-refractivity contribution in [3.63, 3.8) is 0 Å². The van der Waals surface area contributed by atoms with Gasteiger partial charge in [0.05, 0.1) is 16.7 Å². The summed E-state index contributed by atoms with van der Waals surface area (Å²) in [5.74, 6) is 0. The molecule has 0 radical (unpaired) electrons. The van der Waals surface area contributed by atoms with Crippen molar-refractivity contribution >= 4 is 77.4 Å². The van der Waals surface area contributed by atoms with Gasteiger partial charge in [-0.25, -0.2) is 0 Å². The average molecular weight is 841 g/mol. The monoisotopic (exact) mass is 840 g/mol. The van der Waals surface area contributed by atoms with Crippen LogP contribution in [0.25, 0.3) is 110 Å². The number of para-hydroxylation sites is 1. The van der Waals surface area contributed by atoms with Gasteiger partial charge in [0.25, 0.3) is 6.71 Å². The van der Waals surface area contributed by atoms with Crippen molar-refractivity contribution in [1.82, 2.24) is 9.13 Å². The second kappa shape index (κ2) is 13.6. The van der Waals surface area contributed by atoms with Crippen molar-refractivity contribution in [3.05, 3.63) is 211 Å². The molecule has 2 aliphatic heterocycles. The summed E-state index contributed by atoms with van der Waals surface area (Å²) in [6.07, 6.45) is 0. The van der Waals surface area contributed by atoms with E-state index < -0.39 is 0 Å². The van der Waals surface area contributed by atoms with Gasteiger partial charge in [-0.2, -0.15) is 0 Å². The molecule has 4 heterocycles. The Balaban J connectivity index is 1.25. The van der Waals surface area contributed by atoms with Gasteiger partial charge < -0.3 is 9.13 Å². The number of benzene rings is 10. The van der Waals surface area contributed by atoms with E-state index in [2.05, 4.69) is 237 Å². The maximum Gasteiger partial charge on any atom is 0.252 e. The highest BCUT2D eigenvalue weighted by Crippen LogP contribution is 2.51. The first-order valence-corrected chi connectivity index (χ1v) is 23.4. The van der Waals surface area contributed by atoms with E-state index in [4.69, 9.17) is 0 Å². The fourth-order valence-electron chi connectivity index (χ4n) is 12.2. The molecule has 0 aliphatic carbocycles. The number of fused-ring (bicyclic) bond motifs is 10. The SMILES string of the molecule is Cc1cc2c3c(c1)-n1c4cc(C(C)(C)C)ccc4c4c5c(-c6ccccc6)c6ccccc6c(-c6ccccc6)c5cc(c41)B3c1cccc3c(-c4ccccc4)c(-c4ccccc4)n-2c13. The van der Waals surface area contributed by atoms with Crippen LogP contribution in [0, 0.1) is 6.92 Å².